The van der Waals surface area contributed by atoms with Crippen molar-refractivity contribution in [1.82, 2.24) is 10.6 Å². The lowest BCUT2D eigenvalue weighted by molar-refractivity contribution is -0.129. The van der Waals surface area contributed by atoms with Crippen LogP contribution in [0.3, 0.4) is 0 Å². The van der Waals surface area contributed by atoms with Gasteiger partial charge in [0.05, 0.1) is 17.5 Å². The molecule has 1 saturated heterocycles. The fourth-order valence-corrected chi connectivity index (χ4v) is 3.42. The highest BCUT2D eigenvalue weighted by Crippen LogP contribution is 2.23. The highest BCUT2D eigenvalue weighted by atomic mass is 35.5. The minimum Gasteiger partial charge on any atom is -0.350 e. The normalized spacial score (nSPS) is 27.0. The van der Waals surface area contributed by atoms with E-state index in [4.69, 9.17) is 11.6 Å². The number of hydrogen-bond acceptors (Lipinski definition) is 3. The van der Waals surface area contributed by atoms with Gasteiger partial charge in [-0.3, -0.25) is 9.59 Å². The highest BCUT2D eigenvalue weighted by molar-refractivity contribution is 6.31. The van der Waals surface area contributed by atoms with Crippen molar-refractivity contribution >= 4 is 29.1 Å². The molecule has 3 atom stereocenters. The molecule has 3 rings (SSSR count). The molecular formula is C16H19ClFN3O2. The van der Waals surface area contributed by atoms with Crippen LogP contribution in [0.1, 0.15) is 32.1 Å². The quantitative estimate of drug-likeness (QED) is 0.790. The monoisotopic (exact) mass is 339 g/mol. The number of rotatable bonds is 3. The standard InChI is InChI=1S/C16H19ClFN3O2/c17-10-7-9(5-6-11(10)18)19-15(22)8-14-16(23)21-13-4-2-1-3-12(13)20-14/h5-7,12-14,20H,1-4,8H2,(H,19,22)(H,21,23)/t12-,13+,14+/m1/s1. The van der Waals surface area contributed by atoms with Crippen LogP contribution in [-0.2, 0) is 9.59 Å². The van der Waals surface area contributed by atoms with E-state index in [-0.39, 0.29) is 35.3 Å². The number of benzene rings is 1. The average molecular weight is 340 g/mol. The van der Waals surface area contributed by atoms with Crippen molar-refractivity contribution in [2.45, 2.75) is 50.2 Å². The summed E-state index contributed by atoms with van der Waals surface area (Å²) in [5, 5.41) is 8.87. The van der Waals surface area contributed by atoms with Crippen molar-refractivity contribution in [3.05, 3.63) is 29.0 Å². The number of nitrogens with one attached hydrogen (secondary N) is 3. The summed E-state index contributed by atoms with van der Waals surface area (Å²) in [6.45, 7) is 0. The molecular weight excluding hydrogens is 321 g/mol. The first kappa shape index (κ1) is 16.2. The molecule has 0 spiro atoms. The number of anilines is 1. The van der Waals surface area contributed by atoms with Crippen molar-refractivity contribution in [3.63, 3.8) is 0 Å². The molecule has 0 unspecified atom stereocenters. The molecule has 0 aromatic heterocycles. The predicted molar refractivity (Wildman–Crippen MR) is 85.8 cm³/mol. The molecule has 2 amide bonds. The second-order valence-electron chi connectivity index (χ2n) is 6.11. The number of halogens is 2. The van der Waals surface area contributed by atoms with Gasteiger partial charge in [0.25, 0.3) is 0 Å². The van der Waals surface area contributed by atoms with Gasteiger partial charge in [0.1, 0.15) is 5.82 Å². The second kappa shape index (κ2) is 6.84. The van der Waals surface area contributed by atoms with E-state index in [0.717, 1.165) is 25.7 Å². The Labute approximate surface area is 139 Å². The Balaban J connectivity index is 1.58. The minimum atomic E-state index is -0.540. The van der Waals surface area contributed by atoms with Crippen LogP contribution in [0.4, 0.5) is 10.1 Å². The molecule has 124 valence electrons. The largest absolute Gasteiger partial charge is 0.350 e. The molecule has 2 fully saturated rings. The van der Waals surface area contributed by atoms with Gasteiger partial charge >= 0.3 is 0 Å². The van der Waals surface area contributed by atoms with Crippen molar-refractivity contribution in [2.24, 2.45) is 0 Å². The van der Waals surface area contributed by atoms with E-state index in [1.54, 1.807) is 0 Å². The molecule has 1 aliphatic carbocycles. The minimum absolute atomic E-state index is 0.0318. The molecule has 0 bridgehead atoms. The molecule has 1 aromatic rings. The summed E-state index contributed by atoms with van der Waals surface area (Å²) in [4.78, 5) is 24.2. The van der Waals surface area contributed by atoms with Crippen LogP contribution in [0.15, 0.2) is 18.2 Å². The first-order chi connectivity index (χ1) is 11.0. The summed E-state index contributed by atoms with van der Waals surface area (Å²) in [5.41, 5.74) is 0.410. The van der Waals surface area contributed by atoms with Crippen molar-refractivity contribution in [3.8, 4) is 0 Å². The topological polar surface area (TPSA) is 70.2 Å². The Kier molecular flexibility index (Phi) is 4.82. The van der Waals surface area contributed by atoms with Crippen molar-refractivity contribution < 1.29 is 14.0 Å². The summed E-state index contributed by atoms with van der Waals surface area (Å²) in [6.07, 6.45) is 4.29. The fourth-order valence-electron chi connectivity index (χ4n) is 3.24. The van der Waals surface area contributed by atoms with Crippen LogP contribution >= 0.6 is 11.6 Å². The number of hydrogen-bond donors (Lipinski definition) is 3. The van der Waals surface area contributed by atoms with Gasteiger partial charge in [0, 0.05) is 17.8 Å². The van der Waals surface area contributed by atoms with Gasteiger partial charge in [-0.25, -0.2) is 4.39 Å². The van der Waals surface area contributed by atoms with Crippen LogP contribution in [0.2, 0.25) is 5.02 Å². The smallest absolute Gasteiger partial charge is 0.237 e. The summed E-state index contributed by atoms with van der Waals surface area (Å²) in [6, 6.07) is 3.84. The molecule has 1 saturated carbocycles. The maximum atomic E-state index is 13.1. The Morgan fingerprint density at radius 1 is 1.30 bits per heavy atom. The molecule has 7 heteroatoms. The molecule has 1 heterocycles. The molecule has 23 heavy (non-hydrogen) atoms. The van der Waals surface area contributed by atoms with Gasteiger partial charge < -0.3 is 16.0 Å². The van der Waals surface area contributed by atoms with E-state index < -0.39 is 11.9 Å². The lowest BCUT2D eigenvalue weighted by Crippen LogP contribution is -2.65. The van der Waals surface area contributed by atoms with Gasteiger partial charge in [-0.1, -0.05) is 24.4 Å². The summed E-state index contributed by atoms with van der Waals surface area (Å²) in [5.74, 6) is -0.989. The number of fused-ring (bicyclic) bond motifs is 1. The van der Waals surface area contributed by atoms with Crippen LogP contribution in [0.25, 0.3) is 0 Å². The van der Waals surface area contributed by atoms with E-state index in [9.17, 15) is 14.0 Å². The third-order valence-electron chi connectivity index (χ3n) is 4.42. The lowest BCUT2D eigenvalue weighted by Gasteiger charge is -2.40. The lowest BCUT2D eigenvalue weighted by atomic mass is 9.87. The third-order valence-corrected chi connectivity index (χ3v) is 4.71. The SMILES string of the molecule is O=C(C[C@@H]1N[C@@H]2CCCC[C@@H]2NC1=O)Nc1ccc(F)c(Cl)c1. The second-order valence-corrected chi connectivity index (χ2v) is 6.51. The number of amides is 2. The van der Waals surface area contributed by atoms with Crippen LogP contribution in [-0.4, -0.2) is 29.9 Å². The van der Waals surface area contributed by atoms with Gasteiger partial charge in [-0.15, -0.1) is 0 Å². The van der Waals surface area contributed by atoms with E-state index in [2.05, 4.69) is 16.0 Å². The summed E-state index contributed by atoms with van der Waals surface area (Å²) >= 11 is 5.69. The van der Waals surface area contributed by atoms with E-state index in [1.165, 1.54) is 18.2 Å². The van der Waals surface area contributed by atoms with Crippen molar-refractivity contribution in [2.75, 3.05) is 5.32 Å². The maximum absolute atomic E-state index is 13.1. The first-order valence-electron chi connectivity index (χ1n) is 7.84. The van der Waals surface area contributed by atoms with Crippen molar-refractivity contribution in [1.29, 1.82) is 0 Å². The van der Waals surface area contributed by atoms with Crippen LogP contribution in [0.5, 0.6) is 0 Å². The Bertz CT molecular complexity index is 625. The number of carbonyl (C=O) groups is 2. The van der Waals surface area contributed by atoms with Crippen LogP contribution in [0, 0.1) is 5.82 Å². The average Bonchev–Trinajstić information content (AvgIpc) is 2.51. The molecule has 0 radical (unpaired) electrons. The predicted octanol–water partition coefficient (Wildman–Crippen LogP) is 2.21. The third kappa shape index (κ3) is 3.82. The molecule has 1 aliphatic heterocycles. The maximum Gasteiger partial charge on any atom is 0.237 e. The zero-order valence-corrected chi connectivity index (χ0v) is 13.3. The Hall–Kier alpha value is -1.66. The number of piperazine rings is 1. The van der Waals surface area contributed by atoms with E-state index in [0.29, 0.717) is 5.69 Å². The summed E-state index contributed by atoms with van der Waals surface area (Å²) < 4.78 is 13.1. The Morgan fingerprint density at radius 3 is 2.78 bits per heavy atom. The van der Waals surface area contributed by atoms with Gasteiger partial charge in [-0.2, -0.15) is 0 Å². The number of carbonyl (C=O) groups excluding carboxylic acids is 2. The van der Waals surface area contributed by atoms with E-state index >= 15 is 0 Å². The zero-order chi connectivity index (χ0) is 16.4. The van der Waals surface area contributed by atoms with Gasteiger partial charge in [-0.05, 0) is 31.0 Å². The summed E-state index contributed by atoms with van der Waals surface area (Å²) in [7, 11) is 0. The Morgan fingerprint density at radius 2 is 2.04 bits per heavy atom. The van der Waals surface area contributed by atoms with Gasteiger partial charge in [0.15, 0.2) is 0 Å². The van der Waals surface area contributed by atoms with Gasteiger partial charge in [0.2, 0.25) is 11.8 Å². The first-order valence-corrected chi connectivity index (χ1v) is 8.22. The zero-order valence-electron chi connectivity index (χ0n) is 12.6. The van der Waals surface area contributed by atoms with E-state index in [1.807, 2.05) is 0 Å². The molecule has 3 N–H and O–H groups in total. The fraction of sp³-hybridized carbons (Fsp3) is 0.500. The molecule has 2 aliphatic rings. The highest BCUT2D eigenvalue weighted by Gasteiger charge is 2.36. The molecule has 5 nitrogen and oxygen atoms in total. The van der Waals surface area contributed by atoms with Crippen LogP contribution < -0.4 is 16.0 Å². The molecule has 1 aromatic carbocycles.